The standard InChI is InChI=1S/C21H27N5O2/c1-13-10-16(28-3)8-9-17(13)24-20-11-18-19(12-23-20)25(2)21(27)26(18)15-6-4-14(22)5-7-15/h8-12,14-15H,4-7,22H2,1-3H3,(H,23,24). The van der Waals surface area contributed by atoms with Crippen LogP contribution in [0.3, 0.4) is 0 Å². The molecule has 0 atom stereocenters. The van der Waals surface area contributed by atoms with Crippen LogP contribution in [0.25, 0.3) is 11.0 Å². The van der Waals surface area contributed by atoms with E-state index < -0.39 is 0 Å². The number of hydrogen-bond donors (Lipinski definition) is 2. The first kappa shape index (κ1) is 18.6. The van der Waals surface area contributed by atoms with Crippen LogP contribution in [-0.4, -0.2) is 27.3 Å². The van der Waals surface area contributed by atoms with Gasteiger partial charge in [0, 0.05) is 30.9 Å². The molecule has 4 rings (SSSR count). The van der Waals surface area contributed by atoms with E-state index >= 15 is 0 Å². The maximum Gasteiger partial charge on any atom is 0.329 e. The van der Waals surface area contributed by atoms with Gasteiger partial charge in [0.25, 0.3) is 0 Å². The smallest absolute Gasteiger partial charge is 0.329 e. The first-order chi connectivity index (χ1) is 13.5. The third-order valence-electron chi connectivity index (χ3n) is 5.78. The third kappa shape index (κ3) is 3.26. The highest BCUT2D eigenvalue weighted by Crippen LogP contribution is 2.31. The minimum Gasteiger partial charge on any atom is -0.497 e. The average Bonchev–Trinajstić information content (AvgIpc) is 2.94. The van der Waals surface area contributed by atoms with Gasteiger partial charge in [0.1, 0.15) is 11.6 Å². The fourth-order valence-corrected chi connectivity index (χ4v) is 4.08. The van der Waals surface area contributed by atoms with E-state index in [2.05, 4.69) is 10.3 Å². The minimum atomic E-state index is 0.00931. The number of fused-ring (bicyclic) bond motifs is 1. The number of pyridine rings is 1. The molecule has 1 fully saturated rings. The van der Waals surface area contributed by atoms with Gasteiger partial charge in [-0.05, 0) is 56.4 Å². The number of imidazole rings is 1. The third-order valence-corrected chi connectivity index (χ3v) is 5.78. The van der Waals surface area contributed by atoms with Crippen molar-refractivity contribution in [2.24, 2.45) is 12.8 Å². The summed E-state index contributed by atoms with van der Waals surface area (Å²) in [6.45, 7) is 2.02. The fraction of sp³-hybridized carbons (Fsp3) is 0.429. The maximum atomic E-state index is 12.9. The van der Waals surface area contributed by atoms with E-state index in [0.717, 1.165) is 53.7 Å². The Hall–Kier alpha value is -2.80. The van der Waals surface area contributed by atoms with Gasteiger partial charge in [0.15, 0.2) is 0 Å². The summed E-state index contributed by atoms with van der Waals surface area (Å²) < 4.78 is 8.88. The number of nitrogens with one attached hydrogen (secondary N) is 1. The summed E-state index contributed by atoms with van der Waals surface area (Å²) in [7, 11) is 3.46. The van der Waals surface area contributed by atoms with Crippen molar-refractivity contribution in [1.29, 1.82) is 0 Å². The summed E-state index contributed by atoms with van der Waals surface area (Å²) >= 11 is 0. The average molecular weight is 381 g/mol. The monoisotopic (exact) mass is 381 g/mol. The molecule has 7 heteroatoms. The Morgan fingerprint density at radius 3 is 2.61 bits per heavy atom. The molecular formula is C21H27N5O2. The molecule has 28 heavy (non-hydrogen) atoms. The zero-order valence-electron chi connectivity index (χ0n) is 16.6. The van der Waals surface area contributed by atoms with Gasteiger partial charge < -0.3 is 15.8 Å². The van der Waals surface area contributed by atoms with E-state index in [1.54, 1.807) is 24.9 Å². The number of aromatic nitrogens is 3. The lowest BCUT2D eigenvalue weighted by Crippen LogP contribution is -2.32. The van der Waals surface area contributed by atoms with Crippen molar-refractivity contribution in [2.45, 2.75) is 44.7 Å². The van der Waals surface area contributed by atoms with Crippen molar-refractivity contribution in [1.82, 2.24) is 14.1 Å². The van der Waals surface area contributed by atoms with E-state index in [9.17, 15) is 4.79 Å². The normalized spacial score (nSPS) is 19.7. The first-order valence-corrected chi connectivity index (χ1v) is 9.72. The molecule has 1 saturated carbocycles. The highest BCUT2D eigenvalue weighted by Gasteiger charge is 2.24. The first-order valence-electron chi connectivity index (χ1n) is 9.72. The quantitative estimate of drug-likeness (QED) is 0.724. The van der Waals surface area contributed by atoms with Gasteiger partial charge in [-0.15, -0.1) is 0 Å². The molecule has 0 spiro atoms. The molecule has 0 aliphatic heterocycles. The van der Waals surface area contributed by atoms with Crippen LogP contribution in [-0.2, 0) is 7.05 Å². The molecule has 3 N–H and O–H groups in total. The van der Waals surface area contributed by atoms with Crippen molar-refractivity contribution in [3.63, 3.8) is 0 Å². The molecule has 2 heterocycles. The van der Waals surface area contributed by atoms with E-state index in [-0.39, 0.29) is 17.8 Å². The second-order valence-corrected chi connectivity index (χ2v) is 7.64. The number of anilines is 2. The second-order valence-electron chi connectivity index (χ2n) is 7.64. The van der Waals surface area contributed by atoms with E-state index in [1.807, 2.05) is 35.8 Å². The number of nitrogens with zero attached hydrogens (tertiary/aromatic N) is 3. The zero-order chi connectivity index (χ0) is 19.8. The van der Waals surface area contributed by atoms with E-state index in [0.29, 0.717) is 5.82 Å². The summed E-state index contributed by atoms with van der Waals surface area (Å²) in [5.41, 5.74) is 9.84. The summed E-state index contributed by atoms with van der Waals surface area (Å²) in [6, 6.07) is 8.27. The van der Waals surface area contributed by atoms with Crippen molar-refractivity contribution >= 4 is 22.5 Å². The molecule has 0 unspecified atom stereocenters. The molecule has 3 aromatic rings. The van der Waals surface area contributed by atoms with E-state index in [1.165, 1.54) is 0 Å². The molecular weight excluding hydrogens is 354 g/mol. The van der Waals surface area contributed by atoms with Gasteiger partial charge in [0.05, 0.1) is 24.3 Å². The number of hydrogen-bond acceptors (Lipinski definition) is 5. The van der Waals surface area contributed by atoms with Crippen LogP contribution in [0.1, 0.15) is 37.3 Å². The van der Waals surface area contributed by atoms with Gasteiger partial charge in [-0.3, -0.25) is 9.13 Å². The molecule has 1 aliphatic carbocycles. The van der Waals surface area contributed by atoms with Gasteiger partial charge in [-0.1, -0.05) is 0 Å². The van der Waals surface area contributed by atoms with Crippen molar-refractivity contribution in [2.75, 3.05) is 12.4 Å². The summed E-state index contributed by atoms with van der Waals surface area (Å²) in [5, 5.41) is 3.37. The van der Waals surface area contributed by atoms with Gasteiger partial charge in [0.2, 0.25) is 0 Å². The molecule has 0 radical (unpaired) electrons. The largest absolute Gasteiger partial charge is 0.497 e. The van der Waals surface area contributed by atoms with Crippen molar-refractivity contribution in [3.05, 3.63) is 46.5 Å². The number of benzene rings is 1. The maximum absolute atomic E-state index is 12.9. The molecule has 0 saturated heterocycles. The SMILES string of the molecule is COc1ccc(Nc2cc3c(cn2)n(C)c(=O)n3C2CCC(N)CC2)c(C)c1. The van der Waals surface area contributed by atoms with Crippen LogP contribution in [0, 0.1) is 6.92 Å². The van der Waals surface area contributed by atoms with Crippen LogP contribution in [0.4, 0.5) is 11.5 Å². The number of rotatable bonds is 4. The van der Waals surface area contributed by atoms with Crippen LogP contribution in [0.15, 0.2) is 35.3 Å². The molecule has 7 nitrogen and oxygen atoms in total. The van der Waals surface area contributed by atoms with Crippen LogP contribution in [0.5, 0.6) is 5.75 Å². The predicted molar refractivity (Wildman–Crippen MR) is 111 cm³/mol. The summed E-state index contributed by atoms with van der Waals surface area (Å²) in [4.78, 5) is 17.4. The number of ether oxygens (including phenoxy) is 1. The zero-order valence-corrected chi connectivity index (χ0v) is 16.6. The Labute approximate surface area is 164 Å². The Morgan fingerprint density at radius 2 is 1.93 bits per heavy atom. The van der Waals surface area contributed by atoms with E-state index in [4.69, 9.17) is 10.5 Å². The van der Waals surface area contributed by atoms with Gasteiger partial charge >= 0.3 is 5.69 Å². The van der Waals surface area contributed by atoms with Crippen LogP contribution >= 0.6 is 0 Å². The number of methoxy groups -OCH3 is 1. The summed E-state index contributed by atoms with van der Waals surface area (Å²) in [5.74, 6) is 1.53. The molecule has 2 aromatic heterocycles. The van der Waals surface area contributed by atoms with Crippen LogP contribution in [0.2, 0.25) is 0 Å². The lowest BCUT2D eigenvalue weighted by Gasteiger charge is -2.27. The molecule has 0 bridgehead atoms. The lowest BCUT2D eigenvalue weighted by atomic mass is 9.91. The van der Waals surface area contributed by atoms with Crippen LogP contribution < -0.4 is 21.5 Å². The minimum absolute atomic E-state index is 0.00931. The Balaban J connectivity index is 1.72. The Bertz CT molecular complexity index is 1060. The van der Waals surface area contributed by atoms with Gasteiger partial charge in [-0.25, -0.2) is 9.78 Å². The Kier molecular flexibility index (Phi) is 4.85. The molecule has 148 valence electrons. The summed E-state index contributed by atoms with van der Waals surface area (Å²) in [6.07, 6.45) is 5.54. The van der Waals surface area contributed by atoms with Gasteiger partial charge in [-0.2, -0.15) is 0 Å². The molecule has 1 aromatic carbocycles. The topological polar surface area (TPSA) is 87.1 Å². The Morgan fingerprint density at radius 1 is 1.18 bits per heavy atom. The second kappa shape index (κ2) is 7.31. The lowest BCUT2D eigenvalue weighted by molar-refractivity contribution is 0.322. The number of aryl methyl sites for hydroxylation is 2. The molecule has 1 aliphatic rings. The number of nitrogens with two attached hydrogens (primary N) is 1. The highest BCUT2D eigenvalue weighted by atomic mass is 16.5. The highest BCUT2D eigenvalue weighted by molar-refractivity contribution is 5.79. The van der Waals surface area contributed by atoms with Crippen molar-refractivity contribution in [3.8, 4) is 5.75 Å². The fourth-order valence-electron chi connectivity index (χ4n) is 4.08. The predicted octanol–water partition coefficient (Wildman–Crippen LogP) is 3.24. The molecule has 0 amide bonds. The van der Waals surface area contributed by atoms with Crippen molar-refractivity contribution < 1.29 is 4.74 Å².